The number of hydrogen-bond donors (Lipinski definition) is 2. The summed E-state index contributed by atoms with van der Waals surface area (Å²) in [6, 6.07) is 6.00. The normalized spacial score (nSPS) is 18.8. The lowest BCUT2D eigenvalue weighted by molar-refractivity contribution is -0.118. The molecule has 18 heavy (non-hydrogen) atoms. The van der Waals surface area contributed by atoms with Gasteiger partial charge in [0, 0.05) is 12.2 Å². The molecule has 0 saturated carbocycles. The smallest absolute Gasteiger partial charge is 0.312 e. The summed E-state index contributed by atoms with van der Waals surface area (Å²) >= 11 is 0. The Morgan fingerprint density at radius 3 is 2.67 bits per heavy atom. The molecule has 0 aliphatic carbocycles. The summed E-state index contributed by atoms with van der Waals surface area (Å²) in [4.78, 5) is 24.4. The fourth-order valence-corrected chi connectivity index (χ4v) is 2.00. The molecule has 0 radical (unpaired) electrons. The lowest BCUT2D eigenvalue weighted by Crippen LogP contribution is -2.43. The third-order valence-electron chi connectivity index (χ3n) is 2.91. The minimum absolute atomic E-state index is 0.140. The zero-order chi connectivity index (χ0) is 13.1. The first-order chi connectivity index (χ1) is 8.61. The van der Waals surface area contributed by atoms with Crippen molar-refractivity contribution in [1.82, 2.24) is 5.32 Å². The number of nitrogens with two attached hydrogens (primary N) is 1. The van der Waals surface area contributed by atoms with Crippen molar-refractivity contribution in [2.75, 3.05) is 18.6 Å². The first-order valence-corrected chi connectivity index (χ1v) is 5.63. The molecule has 1 atom stereocenters. The van der Waals surface area contributed by atoms with Gasteiger partial charge < -0.3 is 20.7 Å². The third kappa shape index (κ3) is 2.37. The average molecular weight is 249 g/mol. The minimum atomic E-state index is -0.676. The van der Waals surface area contributed by atoms with Crippen molar-refractivity contribution in [1.29, 1.82) is 0 Å². The van der Waals surface area contributed by atoms with Crippen LogP contribution in [0.2, 0.25) is 0 Å². The van der Waals surface area contributed by atoms with Crippen molar-refractivity contribution >= 4 is 17.6 Å². The van der Waals surface area contributed by atoms with Gasteiger partial charge in [0.2, 0.25) is 5.91 Å². The predicted octanol–water partition coefficient (Wildman–Crippen LogP) is 0.469. The van der Waals surface area contributed by atoms with Crippen molar-refractivity contribution in [3.8, 4) is 5.75 Å². The van der Waals surface area contributed by atoms with Gasteiger partial charge in [-0.3, -0.25) is 4.79 Å². The maximum absolute atomic E-state index is 12.0. The van der Waals surface area contributed by atoms with E-state index < -0.39 is 12.1 Å². The quantitative estimate of drug-likeness (QED) is 0.816. The highest BCUT2D eigenvalue weighted by Gasteiger charge is 2.33. The number of ether oxygens (including phenoxy) is 1. The molecule has 1 aliphatic rings. The summed E-state index contributed by atoms with van der Waals surface area (Å²) in [5.41, 5.74) is 5.81. The van der Waals surface area contributed by atoms with Crippen molar-refractivity contribution < 1.29 is 14.3 Å². The number of methoxy groups -OCH3 is 1. The Morgan fingerprint density at radius 1 is 1.44 bits per heavy atom. The highest BCUT2D eigenvalue weighted by molar-refractivity contribution is 6.01. The molecule has 1 aliphatic heterocycles. The second-order valence-corrected chi connectivity index (χ2v) is 4.04. The molecule has 3 amide bonds. The zero-order valence-electron chi connectivity index (χ0n) is 10.1. The first kappa shape index (κ1) is 12.2. The molecule has 0 aromatic heterocycles. The largest absolute Gasteiger partial charge is 0.497 e. The van der Waals surface area contributed by atoms with Gasteiger partial charge in [-0.15, -0.1) is 0 Å². The molecule has 6 heteroatoms. The molecule has 1 heterocycles. The number of hydrogen-bond acceptors (Lipinski definition) is 3. The molecule has 96 valence electrons. The van der Waals surface area contributed by atoms with Crippen molar-refractivity contribution in [2.24, 2.45) is 5.73 Å². The number of nitrogens with zero attached hydrogens (tertiary/aromatic N) is 1. The van der Waals surface area contributed by atoms with Gasteiger partial charge in [-0.2, -0.15) is 0 Å². The van der Waals surface area contributed by atoms with Crippen LogP contribution in [0.3, 0.4) is 0 Å². The van der Waals surface area contributed by atoms with Gasteiger partial charge in [-0.05, 0) is 30.7 Å². The van der Waals surface area contributed by atoms with E-state index in [-0.39, 0.29) is 5.91 Å². The number of urea groups is 1. The number of benzene rings is 1. The summed E-state index contributed by atoms with van der Waals surface area (Å²) in [6.07, 6.45) is 0.563. The molecule has 0 spiro atoms. The van der Waals surface area contributed by atoms with E-state index in [1.54, 1.807) is 24.1 Å². The summed E-state index contributed by atoms with van der Waals surface area (Å²) in [5, 5.41) is 2.44. The number of primary amides is 1. The average Bonchev–Trinajstić information content (AvgIpc) is 2.71. The first-order valence-electron chi connectivity index (χ1n) is 5.63. The van der Waals surface area contributed by atoms with Crippen LogP contribution in [-0.4, -0.2) is 31.6 Å². The van der Waals surface area contributed by atoms with Crippen LogP contribution in [0.4, 0.5) is 10.5 Å². The van der Waals surface area contributed by atoms with Crippen LogP contribution in [0, 0.1) is 0 Å². The van der Waals surface area contributed by atoms with Crippen LogP contribution in [0.1, 0.15) is 6.42 Å². The molecule has 1 fully saturated rings. The summed E-state index contributed by atoms with van der Waals surface area (Å²) in [5.74, 6) is 0.594. The van der Waals surface area contributed by atoms with E-state index in [0.29, 0.717) is 13.0 Å². The molecule has 1 aromatic rings. The van der Waals surface area contributed by atoms with Crippen molar-refractivity contribution in [3.05, 3.63) is 24.3 Å². The maximum atomic E-state index is 12.0. The van der Waals surface area contributed by atoms with Gasteiger partial charge in [-0.25, -0.2) is 4.79 Å². The Balaban J connectivity index is 2.10. The molecule has 3 N–H and O–H groups in total. The molecule has 0 bridgehead atoms. The van der Waals surface area contributed by atoms with E-state index in [1.165, 1.54) is 0 Å². The van der Waals surface area contributed by atoms with E-state index in [9.17, 15) is 9.59 Å². The summed E-state index contributed by atoms with van der Waals surface area (Å²) in [7, 11) is 1.59. The van der Waals surface area contributed by atoms with Gasteiger partial charge in [0.25, 0.3) is 0 Å². The fourth-order valence-electron chi connectivity index (χ4n) is 2.00. The molecule has 1 aromatic carbocycles. The van der Waals surface area contributed by atoms with E-state index in [4.69, 9.17) is 10.5 Å². The van der Waals surface area contributed by atoms with E-state index in [0.717, 1.165) is 11.4 Å². The van der Waals surface area contributed by atoms with Crippen molar-refractivity contribution in [3.63, 3.8) is 0 Å². The second-order valence-electron chi connectivity index (χ2n) is 4.04. The highest BCUT2D eigenvalue weighted by atomic mass is 16.5. The van der Waals surface area contributed by atoms with Gasteiger partial charge in [0.05, 0.1) is 7.11 Å². The van der Waals surface area contributed by atoms with Crippen molar-refractivity contribution in [2.45, 2.75) is 12.5 Å². The number of carbonyl (C=O) groups excluding carboxylic acids is 2. The number of anilines is 1. The number of carbonyl (C=O) groups is 2. The van der Waals surface area contributed by atoms with Crippen LogP contribution < -0.4 is 20.7 Å². The topological polar surface area (TPSA) is 84.7 Å². The predicted molar refractivity (Wildman–Crippen MR) is 66.5 cm³/mol. The minimum Gasteiger partial charge on any atom is -0.497 e. The van der Waals surface area contributed by atoms with Crippen LogP contribution >= 0.6 is 0 Å². The Bertz CT molecular complexity index is 458. The van der Waals surface area contributed by atoms with Gasteiger partial charge >= 0.3 is 6.03 Å². The van der Waals surface area contributed by atoms with E-state index in [2.05, 4.69) is 5.32 Å². The van der Waals surface area contributed by atoms with Gasteiger partial charge in [0.1, 0.15) is 11.8 Å². The number of amides is 3. The monoisotopic (exact) mass is 249 g/mol. The second kappa shape index (κ2) is 4.95. The SMILES string of the molecule is COc1ccc(N2CCC(NC(N)=O)C2=O)cc1. The molecular formula is C12H15N3O3. The zero-order valence-corrected chi connectivity index (χ0v) is 10.1. The number of nitrogens with one attached hydrogen (secondary N) is 1. The Hall–Kier alpha value is -2.24. The van der Waals surface area contributed by atoms with Crippen LogP contribution in [0.5, 0.6) is 5.75 Å². The molecule has 1 unspecified atom stereocenters. The Morgan fingerprint density at radius 2 is 2.11 bits per heavy atom. The Labute approximate surface area is 105 Å². The van der Waals surface area contributed by atoms with Crippen LogP contribution in [0.25, 0.3) is 0 Å². The lowest BCUT2D eigenvalue weighted by atomic mass is 10.2. The fraction of sp³-hybridized carbons (Fsp3) is 0.333. The lowest BCUT2D eigenvalue weighted by Gasteiger charge is -2.17. The number of rotatable bonds is 3. The third-order valence-corrected chi connectivity index (χ3v) is 2.91. The van der Waals surface area contributed by atoms with Crippen LogP contribution in [-0.2, 0) is 4.79 Å². The van der Waals surface area contributed by atoms with Gasteiger partial charge in [0.15, 0.2) is 0 Å². The van der Waals surface area contributed by atoms with Crippen LogP contribution in [0.15, 0.2) is 24.3 Å². The standard InChI is InChI=1S/C12H15N3O3/c1-18-9-4-2-8(3-5-9)15-7-6-10(11(15)16)14-12(13)17/h2-5,10H,6-7H2,1H3,(H3,13,14,17). The molecule has 2 rings (SSSR count). The van der Waals surface area contributed by atoms with E-state index in [1.807, 2.05) is 12.1 Å². The maximum Gasteiger partial charge on any atom is 0.312 e. The highest BCUT2D eigenvalue weighted by Crippen LogP contribution is 2.23. The summed E-state index contributed by atoms with van der Waals surface area (Å²) in [6.45, 7) is 0.566. The van der Waals surface area contributed by atoms with E-state index >= 15 is 0 Å². The Kier molecular flexibility index (Phi) is 3.36. The molecule has 6 nitrogen and oxygen atoms in total. The molecular weight excluding hydrogens is 234 g/mol. The summed E-state index contributed by atoms with van der Waals surface area (Å²) < 4.78 is 5.06. The molecule has 1 saturated heterocycles. The van der Waals surface area contributed by atoms with Gasteiger partial charge in [-0.1, -0.05) is 0 Å².